The largest absolute Gasteiger partial charge is 0.359 e. The number of rotatable bonds is 3. The Labute approximate surface area is 134 Å². The van der Waals surface area contributed by atoms with Gasteiger partial charge in [-0.05, 0) is 38.5 Å². The van der Waals surface area contributed by atoms with Crippen molar-refractivity contribution < 1.29 is 17.7 Å². The number of amides is 1. The van der Waals surface area contributed by atoms with Crippen LogP contribution in [0.2, 0.25) is 0 Å². The zero-order chi connectivity index (χ0) is 16.6. The van der Waals surface area contributed by atoms with Gasteiger partial charge >= 0.3 is 0 Å². The normalized spacial score (nSPS) is 16.5. The second-order valence-corrected chi connectivity index (χ2v) is 7.46. The van der Waals surface area contributed by atoms with Crippen molar-refractivity contribution in [3.63, 3.8) is 0 Å². The first-order valence-electron chi connectivity index (χ1n) is 7.23. The molecule has 0 atom stereocenters. The van der Waals surface area contributed by atoms with Crippen LogP contribution in [0.5, 0.6) is 0 Å². The Morgan fingerprint density at radius 2 is 2.13 bits per heavy atom. The number of hydrogen-bond donors (Lipinski definition) is 1. The highest BCUT2D eigenvalue weighted by Gasteiger charge is 2.28. The molecular formula is C15H17N3O4S. The lowest BCUT2D eigenvalue weighted by Gasteiger charge is -2.17. The first kappa shape index (κ1) is 15.5. The molecule has 23 heavy (non-hydrogen) atoms. The smallest absolute Gasteiger partial charge is 0.255 e. The second-order valence-electron chi connectivity index (χ2n) is 5.45. The number of carbonyl (C=O) groups is 1. The van der Waals surface area contributed by atoms with Gasteiger partial charge in [0.1, 0.15) is 11.4 Å². The molecule has 1 fully saturated rings. The summed E-state index contributed by atoms with van der Waals surface area (Å²) in [5.74, 6) is 0.328. The number of anilines is 2. The average molecular weight is 335 g/mol. The van der Waals surface area contributed by atoms with Gasteiger partial charge in [0, 0.05) is 12.1 Å². The van der Waals surface area contributed by atoms with Crippen LogP contribution in [0.4, 0.5) is 11.4 Å². The molecule has 0 radical (unpaired) electrons. The third kappa shape index (κ3) is 2.94. The molecule has 7 nitrogen and oxygen atoms in total. The minimum absolute atomic E-state index is 0.141. The molecule has 8 heteroatoms. The topological polar surface area (TPSA) is 92.5 Å². The van der Waals surface area contributed by atoms with Gasteiger partial charge in [-0.2, -0.15) is 0 Å². The summed E-state index contributed by atoms with van der Waals surface area (Å²) >= 11 is 0. The van der Waals surface area contributed by atoms with Crippen molar-refractivity contribution in [3.8, 4) is 0 Å². The Morgan fingerprint density at radius 3 is 2.74 bits per heavy atom. The molecule has 1 aliphatic rings. The van der Waals surface area contributed by atoms with Crippen molar-refractivity contribution in [2.75, 3.05) is 21.9 Å². The molecular weight excluding hydrogens is 318 g/mol. The molecule has 3 rings (SSSR count). The molecule has 1 aromatic carbocycles. The highest BCUT2D eigenvalue weighted by atomic mass is 32.2. The zero-order valence-electron chi connectivity index (χ0n) is 12.9. The summed E-state index contributed by atoms with van der Waals surface area (Å²) in [6.45, 7) is 3.89. The van der Waals surface area contributed by atoms with Crippen LogP contribution < -0.4 is 9.62 Å². The van der Waals surface area contributed by atoms with E-state index >= 15 is 0 Å². The minimum Gasteiger partial charge on any atom is -0.359 e. The van der Waals surface area contributed by atoms with Crippen LogP contribution in [0.3, 0.4) is 0 Å². The number of nitrogens with one attached hydrogen (secondary N) is 1. The van der Waals surface area contributed by atoms with Gasteiger partial charge in [-0.1, -0.05) is 11.2 Å². The Bertz CT molecular complexity index is 838. The quantitative estimate of drug-likeness (QED) is 0.927. The number of hydrogen-bond acceptors (Lipinski definition) is 5. The molecule has 0 unspecified atom stereocenters. The van der Waals surface area contributed by atoms with Gasteiger partial charge in [0.25, 0.3) is 5.91 Å². The molecule has 0 spiro atoms. The highest BCUT2D eigenvalue weighted by Crippen LogP contribution is 2.25. The van der Waals surface area contributed by atoms with Crippen molar-refractivity contribution in [1.82, 2.24) is 5.16 Å². The molecule has 2 aromatic rings. The van der Waals surface area contributed by atoms with Gasteiger partial charge in [0.15, 0.2) is 5.76 Å². The zero-order valence-corrected chi connectivity index (χ0v) is 13.7. The Balaban J connectivity index is 1.87. The number of nitrogens with zero attached hydrogens (tertiary/aromatic N) is 2. The van der Waals surface area contributed by atoms with E-state index in [1.54, 1.807) is 38.1 Å². The molecule has 1 saturated heterocycles. The summed E-state index contributed by atoms with van der Waals surface area (Å²) in [7, 11) is -3.27. The lowest BCUT2D eigenvalue weighted by Crippen LogP contribution is -2.25. The van der Waals surface area contributed by atoms with Gasteiger partial charge in [-0.3, -0.25) is 9.10 Å². The fourth-order valence-corrected chi connectivity index (χ4v) is 4.14. The molecule has 1 N–H and O–H groups in total. The van der Waals surface area contributed by atoms with Gasteiger partial charge in [-0.25, -0.2) is 8.42 Å². The minimum atomic E-state index is -3.27. The van der Waals surface area contributed by atoms with Crippen LogP contribution in [-0.2, 0) is 10.0 Å². The molecule has 0 bridgehead atoms. The molecule has 0 aliphatic carbocycles. The molecule has 0 saturated carbocycles. The van der Waals surface area contributed by atoms with E-state index in [0.29, 0.717) is 41.4 Å². The molecule has 1 aromatic heterocycles. The van der Waals surface area contributed by atoms with Crippen molar-refractivity contribution in [2.24, 2.45) is 0 Å². The van der Waals surface area contributed by atoms with Crippen LogP contribution >= 0.6 is 0 Å². The lowest BCUT2D eigenvalue weighted by atomic mass is 10.1. The van der Waals surface area contributed by atoms with Crippen LogP contribution in [-0.4, -0.2) is 31.8 Å². The van der Waals surface area contributed by atoms with E-state index in [4.69, 9.17) is 4.52 Å². The van der Waals surface area contributed by atoms with Gasteiger partial charge in [0.2, 0.25) is 10.0 Å². The van der Waals surface area contributed by atoms with E-state index in [-0.39, 0.29) is 11.7 Å². The van der Waals surface area contributed by atoms with Gasteiger partial charge in [-0.15, -0.1) is 0 Å². The van der Waals surface area contributed by atoms with E-state index < -0.39 is 10.0 Å². The standard InChI is InChI=1S/C15H17N3O4S/c1-10-14(11(2)22-17-10)16-15(19)12-5-3-6-13(9-12)18-7-4-8-23(18,20)21/h3,5-6,9H,4,7-8H2,1-2H3,(H,16,19). The maximum absolute atomic E-state index is 12.4. The first-order chi connectivity index (χ1) is 10.9. The summed E-state index contributed by atoms with van der Waals surface area (Å²) in [4.78, 5) is 12.4. The van der Waals surface area contributed by atoms with E-state index in [1.165, 1.54) is 4.31 Å². The third-order valence-electron chi connectivity index (χ3n) is 3.77. The van der Waals surface area contributed by atoms with Crippen molar-refractivity contribution in [1.29, 1.82) is 0 Å². The SMILES string of the molecule is Cc1noc(C)c1NC(=O)c1cccc(N2CCCS2(=O)=O)c1. The van der Waals surface area contributed by atoms with Gasteiger partial charge < -0.3 is 9.84 Å². The number of benzene rings is 1. The summed E-state index contributed by atoms with van der Waals surface area (Å²) in [6.07, 6.45) is 0.595. The highest BCUT2D eigenvalue weighted by molar-refractivity contribution is 7.93. The lowest BCUT2D eigenvalue weighted by molar-refractivity contribution is 0.102. The Kier molecular flexibility index (Phi) is 3.85. The van der Waals surface area contributed by atoms with E-state index in [2.05, 4.69) is 10.5 Å². The second kappa shape index (κ2) is 5.69. The van der Waals surface area contributed by atoms with Crippen LogP contribution in [0.1, 0.15) is 28.2 Å². The number of sulfonamides is 1. The fourth-order valence-electron chi connectivity index (χ4n) is 2.58. The Hall–Kier alpha value is -2.35. The Morgan fingerprint density at radius 1 is 1.35 bits per heavy atom. The summed E-state index contributed by atoms with van der Waals surface area (Å²) in [5.41, 5.74) is 2.02. The molecule has 2 heterocycles. The van der Waals surface area contributed by atoms with Crippen LogP contribution in [0.25, 0.3) is 0 Å². The number of aromatic nitrogens is 1. The van der Waals surface area contributed by atoms with Crippen LogP contribution in [0, 0.1) is 13.8 Å². The predicted octanol–water partition coefficient (Wildman–Crippen LogP) is 2.08. The van der Waals surface area contributed by atoms with E-state index in [0.717, 1.165) is 0 Å². The molecule has 1 aliphatic heterocycles. The first-order valence-corrected chi connectivity index (χ1v) is 8.84. The summed E-state index contributed by atoms with van der Waals surface area (Å²) in [5, 5.41) is 6.54. The maximum atomic E-state index is 12.4. The monoisotopic (exact) mass is 335 g/mol. The maximum Gasteiger partial charge on any atom is 0.255 e. The molecule has 1 amide bonds. The summed E-state index contributed by atoms with van der Waals surface area (Å²) in [6, 6.07) is 6.58. The van der Waals surface area contributed by atoms with Gasteiger partial charge in [0.05, 0.1) is 11.4 Å². The predicted molar refractivity (Wildman–Crippen MR) is 86.1 cm³/mol. The van der Waals surface area contributed by atoms with Crippen molar-refractivity contribution in [3.05, 3.63) is 41.3 Å². The van der Waals surface area contributed by atoms with Crippen LogP contribution in [0.15, 0.2) is 28.8 Å². The average Bonchev–Trinajstić information content (AvgIpc) is 3.03. The number of carbonyl (C=O) groups excluding carboxylic acids is 1. The fraction of sp³-hybridized carbons (Fsp3) is 0.333. The number of aryl methyl sites for hydroxylation is 2. The van der Waals surface area contributed by atoms with Crippen molar-refractivity contribution in [2.45, 2.75) is 20.3 Å². The van der Waals surface area contributed by atoms with E-state index in [1.807, 2.05) is 0 Å². The van der Waals surface area contributed by atoms with E-state index in [9.17, 15) is 13.2 Å². The third-order valence-corrected chi connectivity index (χ3v) is 5.64. The molecule has 122 valence electrons. The summed E-state index contributed by atoms with van der Waals surface area (Å²) < 4.78 is 30.3. The van der Waals surface area contributed by atoms with Crippen molar-refractivity contribution >= 4 is 27.3 Å².